The zero-order valence-corrected chi connectivity index (χ0v) is 13.9. The molecule has 0 aliphatic carbocycles. The molecule has 2 aromatic rings. The first-order chi connectivity index (χ1) is 11.3. The molecule has 0 aromatic carbocycles. The molecule has 2 aromatic heterocycles. The average Bonchev–Trinajstić information content (AvgIpc) is 3.01. The SMILES string of the molecule is Cc1nc(C)c(C)c(N2CCC[C@@H](c3ncc(C(F)(F)F)[nH]3)C2)n1. The number of halogens is 3. The Morgan fingerprint density at radius 1 is 1.21 bits per heavy atom. The molecule has 0 radical (unpaired) electrons. The van der Waals surface area contributed by atoms with Crippen LogP contribution in [0.5, 0.6) is 0 Å². The summed E-state index contributed by atoms with van der Waals surface area (Å²) in [4.78, 5) is 17.4. The fourth-order valence-corrected chi connectivity index (χ4v) is 3.14. The quantitative estimate of drug-likeness (QED) is 0.909. The Labute approximate surface area is 138 Å². The van der Waals surface area contributed by atoms with E-state index in [1.807, 2.05) is 20.8 Å². The van der Waals surface area contributed by atoms with Gasteiger partial charge < -0.3 is 9.88 Å². The molecule has 0 unspecified atom stereocenters. The minimum absolute atomic E-state index is 0.0650. The Bertz CT molecular complexity index is 738. The summed E-state index contributed by atoms with van der Waals surface area (Å²) < 4.78 is 38.3. The third-order valence-electron chi connectivity index (χ3n) is 4.48. The molecule has 1 aliphatic rings. The van der Waals surface area contributed by atoms with Crippen LogP contribution in [0.25, 0.3) is 0 Å². The van der Waals surface area contributed by atoms with Gasteiger partial charge in [0.05, 0.1) is 6.20 Å². The third-order valence-corrected chi connectivity index (χ3v) is 4.48. The van der Waals surface area contributed by atoms with E-state index in [2.05, 4.69) is 24.8 Å². The van der Waals surface area contributed by atoms with E-state index < -0.39 is 11.9 Å². The first-order valence-electron chi connectivity index (χ1n) is 7.94. The van der Waals surface area contributed by atoms with Crippen LogP contribution in [0.1, 0.15) is 47.4 Å². The van der Waals surface area contributed by atoms with Crippen LogP contribution in [0.15, 0.2) is 6.20 Å². The number of imidazole rings is 1. The molecule has 3 heterocycles. The van der Waals surface area contributed by atoms with Gasteiger partial charge in [0.2, 0.25) is 0 Å². The van der Waals surface area contributed by atoms with Crippen LogP contribution in [0.3, 0.4) is 0 Å². The molecule has 1 saturated heterocycles. The van der Waals surface area contributed by atoms with E-state index in [1.54, 1.807) is 0 Å². The second-order valence-corrected chi connectivity index (χ2v) is 6.27. The van der Waals surface area contributed by atoms with Crippen molar-refractivity contribution in [1.29, 1.82) is 0 Å². The van der Waals surface area contributed by atoms with Crippen molar-refractivity contribution in [3.63, 3.8) is 0 Å². The van der Waals surface area contributed by atoms with E-state index in [1.165, 1.54) is 0 Å². The number of nitrogens with zero attached hydrogens (tertiary/aromatic N) is 4. The van der Waals surface area contributed by atoms with Gasteiger partial charge in [-0.15, -0.1) is 0 Å². The zero-order chi connectivity index (χ0) is 17.5. The van der Waals surface area contributed by atoms with Crippen molar-refractivity contribution in [1.82, 2.24) is 19.9 Å². The average molecular weight is 339 g/mol. The molecule has 8 heteroatoms. The molecule has 1 aliphatic heterocycles. The van der Waals surface area contributed by atoms with Gasteiger partial charge in [0.15, 0.2) is 0 Å². The fraction of sp³-hybridized carbons (Fsp3) is 0.562. The molecule has 1 atom stereocenters. The van der Waals surface area contributed by atoms with Crippen LogP contribution in [-0.2, 0) is 6.18 Å². The van der Waals surface area contributed by atoms with Crippen LogP contribution in [0.2, 0.25) is 0 Å². The van der Waals surface area contributed by atoms with Crippen molar-refractivity contribution >= 4 is 5.82 Å². The topological polar surface area (TPSA) is 57.7 Å². The Morgan fingerprint density at radius 2 is 1.96 bits per heavy atom. The van der Waals surface area contributed by atoms with Crippen molar-refractivity contribution in [2.24, 2.45) is 0 Å². The highest BCUT2D eigenvalue weighted by Gasteiger charge is 2.34. The van der Waals surface area contributed by atoms with Crippen LogP contribution in [0.4, 0.5) is 19.0 Å². The van der Waals surface area contributed by atoms with Gasteiger partial charge in [-0.25, -0.2) is 15.0 Å². The molecule has 5 nitrogen and oxygen atoms in total. The minimum atomic E-state index is -4.39. The summed E-state index contributed by atoms with van der Waals surface area (Å²) in [5.41, 5.74) is 1.15. The Hall–Kier alpha value is -2.12. The standard InChI is InChI=1S/C16H20F3N5/c1-9-10(2)21-11(3)22-15(9)24-6-4-5-12(8-24)14-20-7-13(23-14)16(17,18)19/h7,12H,4-6,8H2,1-3H3,(H,20,23)/t12-/m1/s1. The van der Waals surface area contributed by atoms with E-state index in [-0.39, 0.29) is 5.92 Å². The molecule has 1 N–H and O–H groups in total. The van der Waals surface area contributed by atoms with E-state index >= 15 is 0 Å². The number of H-pyrrole nitrogens is 1. The van der Waals surface area contributed by atoms with E-state index in [0.29, 0.717) is 18.2 Å². The van der Waals surface area contributed by atoms with Crippen molar-refractivity contribution in [2.45, 2.75) is 45.7 Å². The zero-order valence-electron chi connectivity index (χ0n) is 13.9. The summed E-state index contributed by atoms with van der Waals surface area (Å²) in [6.45, 7) is 7.20. The molecule has 0 saturated carbocycles. The van der Waals surface area contributed by atoms with Crippen LogP contribution < -0.4 is 4.90 Å². The summed E-state index contributed by atoms with van der Waals surface area (Å²) in [6, 6.07) is 0. The molecule has 0 amide bonds. The van der Waals surface area contributed by atoms with Crippen molar-refractivity contribution in [3.05, 3.63) is 34.8 Å². The van der Waals surface area contributed by atoms with Gasteiger partial charge in [0, 0.05) is 30.3 Å². The molecular weight excluding hydrogens is 319 g/mol. The lowest BCUT2D eigenvalue weighted by Gasteiger charge is -2.34. The van der Waals surface area contributed by atoms with Gasteiger partial charge in [0.25, 0.3) is 0 Å². The second kappa shape index (κ2) is 6.07. The maximum absolute atomic E-state index is 12.8. The summed E-state index contributed by atoms with van der Waals surface area (Å²) in [5, 5.41) is 0. The number of anilines is 1. The van der Waals surface area contributed by atoms with Gasteiger partial charge in [-0.2, -0.15) is 13.2 Å². The largest absolute Gasteiger partial charge is 0.432 e. The smallest absolute Gasteiger partial charge is 0.356 e. The van der Waals surface area contributed by atoms with Crippen molar-refractivity contribution in [3.8, 4) is 0 Å². The number of rotatable bonds is 2. The van der Waals surface area contributed by atoms with Crippen LogP contribution in [-0.4, -0.2) is 33.0 Å². The highest BCUT2D eigenvalue weighted by Crippen LogP contribution is 2.32. The van der Waals surface area contributed by atoms with Crippen molar-refractivity contribution < 1.29 is 13.2 Å². The summed E-state index contributed by atoms with van der Waals surface area (Å²) in [7, 11) is 0. The normalized spacial score (nSPS) is 18.9. The van der Waals surface area contributed by atoms with E-state index in [4.69, 9.17) is 0 Å². The van der Waals surface area contributed by atoms with Gasteiger partial charge in [-0.05, 0) is 33.6 Å². The maximum atomic E-state index is 12.8. The van der Waals surface area contributed by atoms with Crippen LogP contribution >= 0.6 is 0 Å². The van der Waals surface area contributed by atoms with Gasteiger partial charge in [-0.1, -0.05) is 0 Å². The predicted molar refractivity (Wildman–Crippen MR) is 84.0 cm³/mol. The predicted octanol–water partition coefficient (Wildman–Crippen LogP) is 3.53. The van der Waals surface area contributed by atoms with E-state index in [0.717, 1.165) is 42.7 Å². The summed E-state index contributed by atoms with van der Waals surface area (Å²) in [5.74, 6) is 1.90. The lowest BCUT2D eigenvalue weighted by atomic mass is 9.97. The van der Waals surface area contributed by atoms with Gasteiger partial charge in [0.1, 0.15) is 23.2 Å². The number of aromatic amines is 1. The monoisotopic (exact) mass is 339 g/mol. The Balaban J connectivity index is 1.84. The highest BCUT2D eigenvalue weighted by atomic mass is 19.4. The third kappa shape index (κ3) is 3.22. The number of aromatic nitrogens is 4. The molecule has 0 spiro atoms. The number of alkyl halides is 3. The maximum Gasteiger partial charge on any atom is 0.432 e. The molecule has 24 heavy (non-hydrogen) atoms. The summed E-state index contributed by atoms with van der Waals surface area (Å²) >= 11 is 0. The van der Waals surface area contributed by atoms with Gasteiger partial charge >= 0.3 is 6.18 Å². The molecular formula is C16H20F3N5. The highest BCUT2D eigenvalue weighted by molar-refractivity contribution is 5.49. The first kappa shape index (κ1) is 16.7. The fourth-order valence-electron chi connectivity index (χ4n) is 3.14. The molecule has 3 rings (SSSR count). The number of hydrogen-bond acceptors (Lipinski definition) is 4. The van der Waals surface area contributed by atoms with E-state index in [9.17, 15) is 13.2 Å². The minimum Gasteiger partial charge on any atom is -0.356 e. The number of hydrogen-bond donors (Lipinski definition) is 1. The number of nitrogens with one attached hydrogen (secondary N) is 1. The first-order valence-corrected chi connectivity index (χ1v) is 7.94. The lowest BCUT2D eigenvalue weighted by molar-refractivity contribution is -0.141. The Morgan fingerprint density at radius 3 is 2.62 bits per heavy atom. The molecule has 130 valence electrons. The van der Waals surface area contributed by atoms with Gasteiger partial charge in [-0.3, -0.25) is 0 Å². The summed E-state index contributed by atoms with van der Waals surface area (Å²) in [6.07, 6.45) is -1.83. The number of aryl methyl sites for hydroxylation is 2. The van der Waals surface area contributed by atoms with Crippen molar-refractivity contribution in [2.75, 3.05) is 18.0 Å². The molecule has 1 fully saturated rings. The molecule has 0 bridgehead atoms. The van der Waals surface area contributed by atoms with Crippen LogP contribution in [0, 0.1) is 20.8 Å². The second-order valence-electron chi connectivity index (χ2n) is 6.27. The Kier molecular flexibility index (Phi) is 4.23. The lowest BCUT2D eigenvalue weighted by Crippen LogP contribution is -2.36. The number of piperidine rings is 1.